The van der Waals surface area contributed by atoms with E-state index < -0.39 is 5.60 Å². The number of hydrogen-bond donors (Lipinski definition) is 0. The van der Waals surface area contributed by atoms with Crippen molar-refractivity contribution in [1.82, 2.24) is 0 Å². The molecule has 0 saturated heterocycles. The maximum atomic E-state index is 6.59. The van der Waals surface area contributed by atoms with E-state index in [0.29, 0.717) is 0 Å². The topological polar surface area (TPSA) is 9.23 Å². The highest BCUT2D eigenvalue weighted by Gasteiger charge is 2.27. The fraction of sp³-hybridized carbons (Fsp3) is 0.0769. The third-order valence-electron chi connectivity index (χ3n) is 5.23. The molecule has 1 nitrogen and oxygen atoms in total. The lowest BCUT2D eigenvalue weighted by Gasteiger charge is -2.31. The third kappa shape index (κ3) is 2.72. The molecule has 4 aromatic rings. The molecule has 1 atom stereocenters. The van der Waals surface area contributed by atoms with Crippen molar-refractivity contribution in [3.8, 4) is 5.75 Å². The van der Waals surface area contributed by atoms with Gasteiger partial charge in [0.15, 0.2) is 0 Å². The third-order valence-corrected chi connectivity index (χ3v) is 5.23. The van der Waals surface area contributed by atoms with Crippen molar-refractivity contribution < 1.29 is 4.74 Å². The van der Waals surface area contributed by atoms with Crippen molar-refractivity contribution in [3.05, 3.63) is 102 Å². The van der Waals surface area contributed by atoms with E-state index in [1.165, 1.54) is 21.7 Å². The first-order valence-electron chi connectivity index (χ1n) is 9.29. The highest BCUT2D eigenvalue weighted by molar-refractivity contribution is 6.14. The van der Waals surface area contributed by atoms with Gasteiger partial charge >= 0.3 is 0 Å². The van der Waals surface area contributed by atoms with Crippen molar-refractivity contribution in [1.29, 1.82) is 0 Å². The Morgan fingerprint density at radius 1 is 0.704 bits per heavy atom. The van der Waals surface area contributed by atoms with Crippen LogP contribution in [0.3, 0.4) is 0 Å². The summed E-state index contributed by atoms with van der Waals surface area (Å²) in [5.41, 5.74) is 1.86. The molecule has 0 N–H and O–H groups in total. The summed E-state index contributed by atoms with van der Waals surface area (Å²) in [7, 11) is 0. The second-order valence-corrected chi connectivity index (χ2v) is 7.20. The monoisotopic (exact) mass is 348 g/mol. The van der Waals surface area contributed by atoms with E-state index in [-0.39, 0.29) is 0 Å². The minimum atomic E-state index is -0.478. The molecule has 0 radical (unpaired) electrons. The summed E-state index contributed by atoms with van der Waals surface area (Å²) < 4.78 is 6.59. The van der Waals surface area contributed by atoms with Crippen LogP contribution in [-0.2, 0) is 0 Å². The maximum absolute atomic E-state index is 6.59. The summed E-state index contributed by atoms with van der Waals surface area (Å²) in [4.78, 5) is 0. The molecular weight excluding hydrogens is 328 g/mol. The Bertz CT molecular complexity index is 1200. The van der Waals surface area contributed by atoms with Crippen LogP contribution >= 0.6 is 0 Å². The molecule has 4 aromatic carbocycles. The Morgan fingerprint density at radius 3 is 2.04 bits per heavy atom. The zero-order valence-corrected chi connectivity index (χ0v) is 15.2. The van der Waals surface area contributed by atoms with E-state index >= 15 is 0 Å². The summed E-state index contributed by atoms with van der Waals surface area (Å²) in [6.07, 6.45) is 8.61. The molecule has 1 heterocycles. The summed E-state index contributed by atoms with van der Waals surface area (Å²) in [5, 5.41) is 4.89. The number of fused-ring (bicyclic) bond motifs is 6. The average molecular weight is 348 g/mol. The lowest BCUT2D eigenvalue weighted by molar-refractivity contribution is 0.193. The van der Waals surface area contributed by atoms with Crippen LogP contribution < -0.4 is 4.74 Å². The summed E-state index contributed by atoms with van der Waals surface area (Å²) >= 11 is 0. The van der Waals surface area contributed by atoms with E-state index in [2.05, 4.69) is 104 Å². The predicted molar refractivity (Wildman–Crippen MR) is 115 cm³/mol. The maximum Gasteiger partial charge on any atom is 0.143 e. The van der Waals surface area contributed by atoms with E-state index in [4.69, 9.17) is 4.74 Å². The van der Waals surface area contributed by atoms with Gasteiger partial charge in [0.25, 0.3) is 0 Å². The fourth-order valence-corrected chi connectivity index (χ4v) is 3.83. The molecule has 0 aromatic heterocycles. The highest BCUT2D eigenvalue weighted by atomic mass is 16.5. The Kier molecular flexibility index (Phi) is 3.61. The van der Waals surface area contributed by atoms with Crippen LogP contribution in [0.4, 0.5) is 0 Å². The van der Waals surface area contributed by atoms with Crippen molar-refractivity contribution in [2.24, 2.45) is 0 Å². The van der Waals surface area contributed by atoms with E-state index in [9.17, 15) is 0 Å². The molecular formula is C26H20O. The van der Waals surface area contributed by atoms with Gasteiger partial charge in [-0.15, -0.1) is 0 Å². The first-order valence-corrected chi connectivity index (χ1v) is 9.29. The second kappa shape index (κ2) is 6.14. The van der Waals surface area contributed by atoms with Gasteiger partial charge in [-0.2, -0.15) is 0 Å². The quantitative estimate of drug-likeness (QED) is 0.359. The Labute approximate surface area is 159 Å². The SMILES string of the molecule is CC1(/C=C/c2ccccc2)C=Cc2c(c3ccccc3c3ccccc23)O1. The van der Waals surface area contributed by atoms with Gasteiger partial charge in [0.05, 0.1) is 0 Å². The zero-order chi connectivity index (χ0) is 18.3. The molecule has 0 saturated carbocycles. The van der Waals surface area contributed by atoms with Gasteiger partial charge in [-0.3, -0.25) is 0 Å². The lowest BCUT2D eigenvalue weighted by atomic mass is 9.91. The van der Waals surface area contributed by atoms with Crippen molar-refractivity contribution in [3.63, 3.8) is 0 Å². The molecule has 0 spiro atoms. The molecule has 1 aliphatic heterocycles. The molecule has 1 heteroatoms. The van der Waals surface area contributed by atoms with E-state index in [1.807, 2.05) is 6.07 Å². The minimum absolute atomic E-state index is 0.478. The van der Waals surface area contributed by atoms with Crippen LogP contribution in [-0.4, -0.2) is 5.60 Å². The van der Waals surface area contributed by atoms with Crippen molar-refractivity contribution in [2.45, 2.75) is 12.5 Å². The Balaban J connectivity index is 1.67. The van der Waals surface area contributed by atoms with Crippen molar-refractivity contribution in [2.75, 3.05) is 0 Å². The van der Waals surface area contributed by atoms with Crippen LogP contribution in [0.5, 0.6) is 5.75 Å². The van der Waals surface area contributed by atoms with Gasteiger partial charge in [0.2, 0.25) is 0 Å². The fourth-order valence-electron chi connectivity index (χ4n) is 3.83. The molecule has 0 aliphatic carbocycles. The Hall–Kier alpha value is -3.32. The standard InChI is InChI=1S/C26H20O/c1-26(17-15-19-9-3-2-4-10-19)18-16-24-22-13-6-5-11-20(22)21-12-7-8-14-23(21)25(24)27-26/h2-18H,1H3/b17-15+. The summed E-state index contributed by atoms with van der Waals surface area (Å²) in [5.74, 6) is 0.965. The Morgan fingerprint density at radius 2 is 1.30 bits per heavy atom. The molecule has 0 fully saturated rings. The van der Waals surface area contributed by atoms with Crippen LogP contribution in [0.2, 0.25) is 0 Å². The predicted octanol–water partition coefficient (Wildman–Crippen LogP) is 6.87. The van der Waals surface area contributed by atoms with Gasteiger partial charge < -0.3 is 4.74 Å². The molecule has 1 unspecified atom stereocenters. The van der Waals surface area contributed by atoms with Crippen LogP contribution in [0.25, 0.3) is 33.7 Å². The van der Waals surface area contributed by atoms with Crippen LogP contribution in [0.1, 0.15) is 18.1 Å². The number of benzene rings is 4. The van der Waals surface area contributed by atoms with Gasteiger partial charge in [-0.1, -0.05) is 91.0 Å². The molecule has 0 amide bonds. The number of rotatable bonds is 2. The van der Waals surface area contributed by atoms with Crippen LogP contribution in [0.15, 0.2) is 91.0 Å². The zero-order valence-electron chi connectivity index (χ0n) is 15.2. The molecule has 5 rings (SSSR count). The normalized spacial score (nSPS) is 18.7. The average Bonchev–Trinajstić information content (AvgIpc) is 2.73. The highest BCUT2D eigenvalue weighted by Crippen LogP contribution is 2.43. The van der Waals surface area contributed by atoms with Crippen molar-refractivity contribution >= 4 is 33.7 Å². The smallest absolute Gasteiger partial charge is 0.143 e. The van der Waals surface area contributed by atoms with Gasteiger partial charge in [0, 0.05) is 10.9 Å². The van der Waals surface area contributed by atoms with E-state index in [0.717, 1.165) is 16.7 Å². The summed E-state index contributed by atoms with van der Waals surface area (Å²) in [6, 6.07) is 27.4. The second-order valence-electron chi connectivity index (χ2n) is 7.20. The van der Waals surface area contributed by atoms with E-state index in [1.54, 1.807) is 0 Å². The summed E-state index contributed by atoms with van der Waals surface area (Å²) in [6.45, 7) is 2.11. The first-order chi connectivity index (χ1) is 13.2. The largest absolute Gasteiger partial charge is 0.478 e. The van der Waals surface area contributed by atoms with Gasteiger partial charge in [-0.25, -0.2) is 0 Å². The molecule has 1 aliphatic rings. The van der Waals surface area contributed by atoms with Gasteiger partial charge in [-0.05, 0) is 40.8 Å². The first kappa shape index (κ1) is 15.9. The minimum Gasteiger partial charge on any atom is -0.478 e. The lowest BCUT2D eigenvalue weighted by Crippen LogP contribution is -2.29. The number of hydrogen-bond acceptors (Lipinski definition) is 1. The molecule has 130 valence electrons. The van der Waals surface area contributed by atoms with Gasteiger partial charge in [0.1, 0.15) is 11.4 Å². The molecule has 0 bridgehead atoms. The number of ether oxygens (including phenoxy) is 1. The molecule has 27 heavy (non-hydrogen) atoms. The van der Waals surface area contributed by atoms with Crippen LogP contribution in [0, 0.1) is 0 Å².